The van der Waals surface area contributed by atoms with E-state index in [0.717, 1.165) is 37.4 Å². The van der Waals surface area contributed by atoms with E-state index in [-0.39, 0.29) is 0 Å². The van der Waals surface area contributed by atoms with Gasteiger partial charge in [-0.25, -0.2) is 0 Å². The molecule has 0 aliphatic carbocycles. The van der Waals surface area contributed by atoms with Crippen molar-refractivity contribution in [1.82, 2.24) is 15.1 Å². The summed E-state index contributed by atoms with van der Waals surface area (Å²) in [5.41, 5.74) is 3.05. The molecule has 0 amide bonds. The molecule has 1 aliphatic heterocycles. The first kappa shape index (κ1) is 20.0. The second kappa shape index (κ2) is 9.04. The third-order valence-corrected chi connectivity index (χ3v) is 5.28. The molecule has 0 bridgehead atoms. The van der Waals surface area contributed by atoms with Crippen LogP contribution in [0.25, 0.3) is 11.5 Å². The number of hydrogen-bond acceptors (Lipinski definition) is 8. The summed E-state index contributed by atoms with van der Waals surface area (Å²) in [5.74, 6) is 2.23. The quantitative estimate of drug-likeness (QED) is 0.638. The summed E-state index contributed by atoms with van der Waals surface area (Å²) in [4.78, 5) is 4.77. The maximum atomic E-state index is 5.80. The van der Waals surface area contributed by atoms with Crippen molar-refractivity contribution >= 4 is 11.4 Å². The Hall–Kier alpha value is -3.26. The normalized spacial score (nSPS) is 14.6. The summed E-state index contributed by atoms with van der Waals surface area (Å²) in [6.45, 7) is 4.77. The van der Waals surface area contributed by atoms with Crippen LogP contribution < -0.4 is 19.7 Å². The van der Waals surface area contributed by atoms with Crippen LogP contribution in [0.1, 0.15) is 5.89 Å². The summed E-state index contributed by atoms with van der Waals surface area (Å²) in [6, 6.07) is 14.0. The highest BCUT2D eigenvalue weighted by molar-refractivity contribution is 5.59. The van der Waals surface area contributed by atoms with Gasteiger partial charge in [0.25, 0.3) is 0 Å². The van der Waals surface area contributed by atoms with E-state index in [1.54, 1.807) is 14.2 Å². The van der Waals surface area contributed by atoms with Crippen molar-refractivity contribution in [2.75, 3.05) is 57.7 Å². The molecule has 2 heterocycles. The predicted octanol–water partition coefficient (Wildman–Crippen LogP) is 3.12. The van der Waals surface area contributed by atoms with Crippen LogP contribution in [0.5, 0.6) is 11.5 Å². The van der Waals surface area contributed by atoms with Crippen LogP contribution in [0.2, 0.25) is 0 Å². The van der Waals surface area contributed by atoms with Crippen LogP contribution in [0.4, 0.5) is 11.4 Å². The summed E-state index contributed by atoms with van der Waals surface area (Å²) in [5, 5.41) is 11.6. The van der Waals surface area contributed by atoms with Crippen molar-refractivity contribution in [3.63, 3.8) is 0 Å². The van der Waals surface area contributed by atoms with Gasteiger partial charge >= 0.3 is 0 Å². The van der Waals surface area contributed by atoms with Crippen LogP contribution in [0.3, 0.4) is 0 Å². The zero-order chi connectivity index (χ0) is 20.9. The lowest BCUT2D eigenvalue weighted by molar-refractivity contribution is 0.313. The van der Waals surface area contributed by atoms with Gasteiger partial charge in [0.2, 0.25) is 11.8 Å². The van der Waals surface area contributed by atoms with Crippen molar-refractivity contribution in [3.05, 3.63) is 48.4 Å². The smallest absolute Gasteiger partial charge is 0.247 e. The Morgan fingerprint density at radius 1 is 0.933 bits per heavy atom. The van der Waals surface area contributed by atoms with Gasteiger partial charge in [0.1, 0.15) is 0 Å². The number of anilines is 2. The summed E-state index contributed by atoms with van der Waals surface area (Å²) < 4.78 is 16.4. The van der Waals surface area contributed by atoms with Gasteiger partial charge < -0.3 is 29.0 Å². The highest BCUT2D eigenvalue weighted by Gasteiger charge is 2.14. The standard InChI is InChI=1S/C22H27N5O3/c1-26-10-12-27(13-11-26)18-7-5-17(6-8-18)23-15-21-24-25-22(30-21)16-4-9-19(28-2)20(14-16)29-3/h4-9,14,23H,10-13,15H2,1-3H3. The number of ether oxygens (including phenoxy) is 2. The molecule has 3 aromatic rings. The Labute approximate surface area is 176 Å². The molecular weight excluding hydrogens is 382 g/mol. The molecule has 0 spiro atoms. The minimum Gasteiger partial charge on any atom is -0.493 e. The zero-order valence-corrected chi connectivity index (χ0v) is 17.6. The molecule has 1 N–H and O–H groups in total. The topological polar surface area (TPSA) is 75.9 Å². The molecule has 0 saturated carbocycles. The molecule has 4 rings (SSSR count). The van der Waals surface area contributed by atoms with E-state index in [9.17, 15) is 0 Å². The summed E-state index contributed by atoms with van der Waals surface area (Å²) >= 11 is 0. The van der Waals surface area contributed by atoms with Gasteiger partial charge in [-0.15, -0.1) is 10.2 Å². The predicted molar refractivity (Wildman–Crippen MR) is 116 cm³/mol. The van der Waals surface area contributed by atoms with Gasteiger partial charge in [-0.05, 0) is 49.5 Å². The summed E-state index contributed by atoms with van der Waals surface area (Å²) in [6.07, 6.45) is 0. The van der Waals surface area contributed by atoms with Crippen LogP contribution in [0.15, 0.2) is 46.9 Å². The lowest BCUT2D eigenvalue weighted by atomic mass is 10.2. The average molecular weight is 409 g/mol. The second-order valence-corrected chi connectivity index (χ2v) is 7.26. The van der Waals surface area contributed by atoms with E-state index in [2.05, 4.69) is 56.6 Å². The Morgan fingerprint density at radius 2 is 1.67 bits per heavy atom. The van der Waals surface area contributed by atoms with E-state index >= 15 is 0 Å². The van der Waals surface area contributed by atoms with Gasteiger partial charge in [-0.3, -0.25) is 0 Å². The molecule has 1 aromatic heterocycles. The van der Waals surface area contributed by atoms with Gasteiger partial charge in [-0.2, -0.15) is 0 Å². The van der Waals surface area contributed by atoms with E-state index in [1.807, 2.05) is 18.2 Å². The fourth-order valence-electron chi connectivity index (χ4n) is 3.44. The average Bonchev–Trinajstić information content (AvgIpc) is 3.27. The fraction of sp³-hybridized carbons (Fsp3) is 0.364. The number of nitrogens with one attached hydrogen (secondary N) is 1. The number of methoxy groups -OCH3 is 2. The molecule has 1 saturated heterocycles. The maximum Gasteiger partial charge on any atom is 0.247 e. The highest BCUT2D eigenvalue weighted by Crippen LogP contribution is 2.31. The largest absolute Gasteiger partial charge is 0.493 e. The molecule has 30 heavy (non-hydrogen) atoms. The first-order valence-corrected chi connectivity index (χ1v) is 9.98. The van der Waals surface area contributed by atoms with Crippen molar-refractivity contribution in [1.29, 1.82) is 0 Å². The molecule has 8 nitrogen and oxygen atoms in total. The number of hydrogen-bond donors (Lipinski definition) is 1. The molecular formula is C22H27N5O3. The zero-order valence-electron chi connectivity index (χ0n) is 17.6. The number of benzene rings is 2. The van der Waals surface area contributed by atoms with Gasteiger partial charge in [0.05, 0.1) is 20.8 Å². The van der Waals surface area contributed by atoms with E-state index in [4.69, 9.17) is 13.9 Å². The van der Waals surface area contributed by atoms with Crippen molar-refractivity contribution in [3.8, 4) is 23.0 Å². The molecule has 1 aliphatic rings. The highest BCUT2D eigenvalue weighted by atomic mass is 16.5. The van der Waals surface area contributed by atoms with Crippen LogP contribution >= 0.6 is 0 Å². The van der Waals surface area contributed by atoms with Crippen molar-refractivity contribution < 1.29 is 13.9 Å². The second-order valence-electron chi connectivity index (χ2n) is 7.26. The Morgan fingerprint density at radius 3 is 2.37 bits per heavy atom. The molecule has 0 unspecified atom stereocenters. The lowest BCUT2D eigenvalue weighted by Crippen LogP contribution is -2.44. The minimum absolute atomic E-state index is 0.443. The molecule has 2 aromatic carbocycles. The number of rotatable bonds is 7. The van der Waals surface area contributed by atoms with Crippen molar-refractivity contribution in [2.45, 2.75) is 6.54 Å². The van der Waals surface area contributed by atoms with E-state index in [1.165, 1.54) is 5.69 Å². The van der Waals surface area contributed by atoms with Gasteiger partial charge in [-0.1, -0.05) is 0 Å². The molecule has 8 heteroatoms. The third-order valence-electron chi connectivity index (χ3n) is 5.28. The molecule has 158 valence electrons. The van der Waals surface area contributed by atoms with E-state index in [0.29, 0.717) is 29.8 Å². The van der Waals surface area contributed by atoms with Gasteiger partial charge in [0.15, 0.2) is 11.5 Å². The molecule has 0 radical (unpaired) electrons. The first-order valence-electron chi connectivity index (χ1n) is 9.98. The van der Waals surface area contributed by atoms with Crippen LogP contribution in [0, 0.1) is 0 Å². The number of nitrogens with zero attached hydrogens (tertiary/aromatic N) is 4. The lowest BCUT2D eigenvalue weighted by Gasteiger charge is -2.34. The van der Waals surface area contributed by atoms with E-state index < -0.39 is 0 Å². The molecule has 0 atom stereocenters. The van der Waals surface area contributed by atoms with Crippen LogP contribution in [-0.4, -0.2) is 62.5 Å². The Balaban J connectivity index is 1.36. The summed E-state index contributed by atoms with van der Waals surface area (Å²) in [7, 11) is 5.36. The number of piperazine rings is 1. The van der Waals surface area contributed by atoms with Gasteiger partial charge in [0, 0.05) is 43.1 Å². The third kappa shape index (κ3) is 4.49. The van der Waals surface area contributed by atoms with Crippen LogP contribution in [-0.2, 0) is 6.54 Å². The number of likely N-dealkylation sites (N-methyl/N-ethyl adjacent to an activating group) is 1. The van der Waals surface area contributed by atoms with Crippen molar-refractivity contribution in [2.24, 2.45) is 0 Å². The SMILES string of the molecule is COc1ccc(-c2nnc(CNc3ccc(N4CCN(C)CC4)cc3)o2)cc1OC. The monoisotopic (exact) mass is 409 g/mol. The Kier molecular flexibility index (Phi) is 6.04. The minimum atomic E-state index is 0.443. The number of aromatic nitrogens is 2. The molecule has 1 fully saturated rings. The maximum absolute atomic E-state index is 5.80. The Bertz CT molecular complexity index is 965. The first-order chi connectivity index (χ1) is 14.7. The fourth-order valence-corrected chi connectivity index (χ4v) is 3.44.